The molecule has 7 nitrogen and oxygen atoms in total. The molecule has 0 N–H and O–H groups in total. The largest absolute Gasteiger partial charge is 0.493 e. The number of carbonyl (C=O) groups is 2. The zero-order chi connectivity index (χ0) is 31.1. The summed E-state index contributed by atoms with van der Waals surface area (Å²) in [6.07, 6.45) is 3.79. The number of benzene rings is 4. The standard InChI is InChI=1S/C37H38O7/c1-27(38)44-33(19-15-29-17-21-35(37(23-29)41-3)43-26-31-12-8-5-9-13-31)24-32(39)18-14-28-16-20-34(36(22-28)40-2)42-25-30-10-6-4-7-11-30/h4-14,16-18,20-23,33H,15,19,24-26H2,1-3H3/b18-14+/t33-/m0/s1. The van der Waals surface area contributed by atoms with Crippen LogP contribution in [0.5, 0.6) is 23.0 Å². The van der Waals surface area contributed by atoms with Crippen molar-refractivity contribution in [3.05, 3.63) is 125 Å². The lowest BCUT2D eigenvalue weighted by Gasteiger charge is -2.17. The fourth-order valence-electron chi connectivity index (χ4n) is 4.61. The number of allylic oxidation sites excluding steroid dienone is 1. The molecule has 0 saturated heterocycles. The Morgan fingerprint density at radius 2 is 1.25 bits per heavy atom. The Hall–Kier alpha value is -5.04. The fourth-order valence-corrected chi connectivity index (χ4v) is 4.61. The van der Waals surface area contributed by atoms with E-state index in [1.54, 1.807) is 20.3 Å². The maximum atomic E-state index is 12.9. The molecule has 0 aliphatic rings. The number of methoxy groups -OCH3 is 2. The minimum absolute atomic E-state index is 0.0703. The summed E-state index contributed by atoms with van der Waals surface area (Å²) in [6, 6.07) is 31.0. The van der Waals surface area contributed by atoms with Crippen molar-refractivity contribution in [2.75, 3.05) is 14.2 Å². The lowest BCUT2D eigenvalue weighted by molar-refractivity contribution is -0.147. The van der Waals surface area contributed by atoms with E-state index in [2.05, 4.69) is 0 Å². The summed E-state index contributed by atoms with van der Waals surface area (Å²) < 4.78 is 28.4. The second-order valence-electron chi connectivity index (χ2n) is 10.2. The van der Waals surface area contributed by atoms with Gasteiger partial charge in [-0.05, 0) is 65.4 Å². The average molecular weight is 595 g/mol. The predicted molar refractivity (Wildman–Crippen MR) is 170 cm³/mol. The van der Waals surface area contributed by atoms with E-state index in [9.17, 15) is 9.59 Å². The van der Waals surface area contributed by atoms with Crippen LogP contribution in [0.15, 0.2) is 103 Å². The number of carbonyl (C=O) groups excluding carboxylic acids is 2. The van der Waals surface area contributed by atoms with Crippen molar-refractivity contribution in [3.8, 4) is 23.0 Å². The van der Waals surface area contributed by atoms with E-state index in [0.717, 1.165) is 22.3 Å². The van der Waals surface area contributed by atoms with E-state index in [-0.39, 0.29) is 12.2 Å². The molecule has 4 aromatic carbocycles. The molecule has 7 heteroatoms. The number of hydrogen-bond donors (Lipinski definition) is 0. The minimum Gasteiger partial charge on any atom is -0.493 e. The first-order chi connectivity index (χ1) is 21.4. The van der Waals surface area contributed by atoms with Gasteiger partial charge in [0, 0.05) is 13.3 Å². The Morgan fingerprint density at radius 3 is 1.82 bits per heavy atom. The molecule has 4 rings (SSSR count). The van der Waals surface area contributed by atoms with Crippen molar-refractivity contribution >= 4 is 17.8 Å². The molecule has 44 heavy (non-hydrogen) atoms. The molecule has 4 aromatic rings. The first-order valence-electron chi connectivity index (χ1n) is 14.5. The molecule has 0 saturated carbocycles. The Labute approximate surface area is 259 Å². The van der Waals surface area contributed by atoms with Crippen LogP contribution in [-0.4, -0.2) is 32.1 Å². The Morgan fingerprint density at radius 1 is 0.682 bits per heavy atom. The lowest BCUT2D eigenvalue weighted by atomic mass is 10.0. The number of hydrogen-bond acceptors (Lipinski definition) is 7. The Kier molecular flexibility index (Phi) is 12.0. The molecule has 0 fully saturated rings. The number of esters is 1. The monoisotopic (exact) mass is 594 g/mol. The number of ether oxygens (including phenoxy) is 5. The van der Waals surface area contributed by atoms with Crippen LogP contribution in [0.1, 0.15) is 42.0 Å². The van der Waals surface area contributed by atoms with Gasteiger partial charge in [-0.3, -0.25) is 9.59 Å². The van der Waals surface area contributed by atoms with E-state index in [1.807, 2.05) is 97.1 Å². The van der Waals surface area contributed by atoms with Crippen LogP contribution in [0.4, 0.5) is 0 Å². The number of rotatable bonds is 16. The van der Waals surface area contributed by atoms with Crippen LogP contribution in [0, 0.1) is 0 Å². The molecule has 0 unspecified atom stereocenters. The first-order valence-corrected chi connectivity index (χ1v) is 14.5. The quantitative estimate of drug-likeness (QED) is 0.0988. The van der Waals surface area contributed by atoms with E-state index < -0.39 is 12.1 Å². The summed E-state index contributed by atoms with van der Waals surface area (Å²) in [7, 11) is 3.18. The summed E-state index contributed by atoms with van der Waals surface area (Å²) in [5.41, 5.74) is 3.88. The van der Waals surface area contributed by atoms with Gasteiger partial charge in [-0.15, -0.1) is 0 Å². The smallest absolute Gasteiger partial charge is 0.302 e. The molecule has 0 aromatic heterocycles. The van der Waals surface area contributed by atoms with Crippen LogP contribution in [-0.2, 0) is 34.0 Å². The SMILES string of the molecule is COc1cc(/C=C/C(=O)C[C@H](CCc2ccc(OCc3ccccc3)c(OC)c2)OC(C)=O)ccc1OCc1ccccc1. The maximum absolute atomic E-state index is 12.9. The van der Waals surface area contributed by atoms with E-state index in [4.69, 9.17) is 23.7 Å². The summed E-state index contributed by atoms with van der Waals surface area (Å²) in [5, 5.41) is 0. The highest BCUT2D eigenvalue weighted by Crippen LogP contribution is 2.31. The van der Waals surface area contributed by atoms with Gasteiger partial charge in [-0.25, -0.2) is 0 Å². The average Bonchev–Trinajstić information content (AvgIpc) is 3.05. The highest BCUT2D eigenvalue weighted by molar-refractivity contribution is 5.94. The second kappa shape index (κ2) is 16.6. The molecule has 0 spiro atoms. The zero-order valence-corrected chi connectivity index (χ0v) is 25.4. The third-order valence-corrected chi connectivity index (χ3v) is 6.87. The molecule has 1 atom stereocenters. The normalized spacial score (nSPS) is 11.5. The van der Waals surface area contributed by atoms with Gasteiger partial charge in [0.25, 0.3) is 0 Å². The van der Waals surface area contributed by atoms with E-state index in [0.29, 0.717) is 49.1 Å². The van der Waals surface area contributed by atoms with Gasteiger partial charge in [-0.1, -0.05) is 78.9 Å². The van der Waals surface area contributed by atoms with Gasteiger partial charge in [0.1, 0.15) is 19.3 Å². The zero-order valence-electron chi connectivity index (χ0n) is 25.4. The van der Waals surface area contributed by atoms with Gasteiger partial charge in [0.15, 0.2) is 28.8 Å². The lowest BCUT2D eigenvalue weighted by Crippen LogP contribution is -2.20. The fraction of sp³-hybridized carbons (Fsp3) is 0.243. The van der Waals surface area contributed by atoms with Crippen molar-refractivity contribution in [2.45, 2.75) is 45.5 Å². The van der Waals surface area contributed by atoms with Gasteiger partial charge in [0.05, 0.1) is 14.2 Å². The Bertz CT molecular complexity index is 1530. The molecule has 0 aliphatic carbocycles. The van der Waals surface area contributed by atoms with Gasteiger partial charge in [0.2, 0.25) is 0 Å². The number of ketones is 1. The molecule has 228 valence electrons. The highest BCUT2D eigenvalue weighted by Gasteiger charge is 2.17. The minimum atomic E-state index is -0.562. The highest BCUT2D eigenvalue weighted by atomic mass is 16.5. The van der Waals surface area contributed by atoms with Crippen molar-refractivity contribution < 1.29 is 33.3 Å². The summed E-state index contributed by atoms with van der Waals surface area (Å²) >= 11 is 0. The van der Waals surface area contributed by atoms with Crippen molar-refractivity contribution in [3.63, 3.8) is 0 Å². The third kappa shape index (κ3) is 10.1. The summed E-state index contributed by atoms with van der Waals surface area (Å²) in [5.74, 6) is 1.87. The van der Waals surface area contributed by atoms with Gasteiger partial charge in [-0.2, -0.15) is 0 Å². The molecule has 0 aliphatic heterocycles. The summed E-state index contributed by atoms with van der Waals surface area (Å²) in [4.78, 5) is 24.7. The maximum Gasteiger partial charge on any atom is 0.302 e. The van der Waals surface area contributed by atoms with Crippen molar-refractivity contribution in [1.29, 1.82) is 0 Å². The number of aryl methyl sites for hydroxylation is 1. The molecule has 0 radical (unpaired) electrons. The molecule has 0 heterocycles. The Balaban J connectivity index is 1.33. The first kappa shape index (κ1) is 31.9. The molecular formula is C37H38O7. The van der Waals surface area contributed by atoms with Crippen LogP contribution >= 0.6 is 0 Å². The van der Waals surface area contributed by atoms with Gasteiger partial charge < -0.3 is 23.7 Å². The molecule has 0 bridgehead atoms. The topological polar surface area (TPSA) is 80.3 Å². The molecule has 0 amide bonds. The van der Waals surface area contributed by atoms with Crippen LogP contribution in [0.2, 0.25) is 0 Å². The van der Waals surface area contributed by atoms with E-state index in [1.165, 1.54) is 13.0 Å². The van der Waals surface area contributed by atoms with Crippen LogP contribution in [0.25, 0.3) is 6.08 Å². The summed E-state index contributed by atoms with van der Waals surface area (Å²) in [6.45, 7) is 2.20. The van der Waals surface area contributed by atoms with Crippen molar-refractivity contribution in [1.82, 2.24) is 0 Å². The van der Waals surface area contributed by atoms with Crippen LogP contribution in [0.3, 0.4) is 0 Å². The van der Waals surface area contributed by atoms with E-state index >= 15 is 0 Å². The predicted octanol–water partition coefficient (Wildman–Crippen LogP) is 7.40. The van der Waals surface area contributed by atoms with Crippen molar-refractivity contribution in [2.24, 2.45) is 0 Å². The van der Waals surface area contributed by atoms with Crippen LogP contribution < -0.4 is 18.9 Å². The molecular weight excluding hydrogens is 556 g/mol. The second-order valence-corrected chi connectivity index (χ2v) is 10.2. The van der Waals surface area contributed by atoms with Gasteiger partial charge >= 0.3 is 5.97 Å². The third-order valence-electron chi connectivity index (χ3n) is 6.87.